The number of benzene rings is 1. The Morgan fingerprint density at radius 1 is 1.31 bits per heavy atom. The molecule has 0 saturated heterocycles. The number of esters is 1. The van der Waals surface area contributed by atoms with Gasteiger partial charge in [0.2, 0.25) is 0 Å². The van der Waals surface area contributed by atoms with Crippen LogP contribution in [0, 0.1) is 12.8 Å². The highest BCUT2D eigenvalue weighted by molar-refractivity contribution is 5.84. The van der Waals surface area contributed by atoms with Gasteiger partial charge in [-0.05, 0) is 42.5 Å². The van der Waals surface area contributed by atoms with Crippen molar-refractivity contribution in [3.8, 4) is 5.75 Å². The number of carbonyl (C=O) groups excluding carboxylic acids is 2. The van der Waals surface area contributed by atoms with E-state index in [1.165, 1.54) is 12.0 Å². The number of hydrogen-bond acceptors (Lipinski definition) is 7. The van der Waals surface area contributed by atoms with E-state index in [9.17, 15) is 9.59 Å². The molecule has 1 amide bonds. The number of ether oxygens (including phenoxy) is 3. The van der Waals surface area contributed by atoms with Gasteiger partial charge in [-0.2, -0.15) is 0 Å². The van der Waals surface area contributed by atoms with Gasteiger partial charge < -0.3 is 18.7 Å². The molecule has 1 unspecified atom stereocenters. The Morgan fingerprint density at radius 2 is 2.10 bits per heavy atom. The van der Waals surface area contributed by atoms with E-state index in [2.05, 4.69) is 5.16 Å². The standard InChI is InChI=1S/C21H26N2O6/c1-13(2)11-28-21(25)23-8-7-15-10-17(27-12-16-9-14(3)29-22-16)5-6-18(15)19(23)20(24)26-4/h5-6,9-10,13,19H,7-8,11-12H2,1-4H3. The molecule has 29 heavy (non-hydrogen) atoms. The Morgan fingerprint density at radius 3 is 2.76 bits per heavy atom. The summed E-state index contributed by atoms with van der Waals surface area (Å²) in [6, 6.07) is 6.42. The van der Waals surface area contributed by atoms with Gasteiger partial charge in [0.05, 0.1) is 13.7 Å². The van der Waals surface area contributed by atoms with E-state index in [1.807, 2.05) is 32.9 Å². The van der Waals surface area contributed by atoms with Gasteiger partial charge in [0.1, 0.15) is 23.8 Å². The van der Waals surface area contributed by atoms with Crippen LogP contribution in [0.15, 0.2) is 28.8 Å². The number of methoxy groups -OCH3 is 1. The van der Waals surface area contributed by atoms with Crippen molar-refractivity contribution < 1.29 is 28.3 Å². The van der Waals surface area contributed by atoms with Crippen LogP contribution < -0.4 is 4.74 Å². The first-order valence-electron chi connectivity index (χ1n) is 9.58. The van der Waals surface area contributed by atoms with Gasteiger partial charge in [0, 0.05) is 12.6 Å². The van der Waals surface area contributed by atoms with Crippen LogP contribution in [0.3, 0.4) is 0 Å². The molecule has 1 aliphatic rings. The van der Waals surface area contributed by atoms with Crippen molar-refractivity contribution in [1.82, 2.24) is 10.1 Å². The molecule has 0 saturated carbocycles. The summed E-state index contributed by atoms with van der Waals surface area (Å²) in [5.41, 5.74) is 2.35. The van der Waals surface area contributed by atoms with Gasteiger partial charge in [-0.3, -0.25) is 4.90 Å². The zero-order valence-corrected chi connectivity index (χ0v) is 17.1. The van der Waals surface area contributed by atoms with Gasteiger partial charge in [-0.25, -0.2) is 9.59 Å². The Hall–Kier alpha value is -3.03. The molecule has 0 spiro atoms. The fourth-order valence-electron chi connectivity index (χ4n) is 3.22. The highest BCUT2D eigenvalue weighted by Gasteiger charge is 2.37. The highest BCUT2D eigenvalue weighted by Crippen LogP contribution is 2.33. The smallest absolute Gasteiger partial charge is 0.410 e. The van der Waals surface area contributed by atoms with E-state index >= 15 is 0 Å². The van der Waals surface area contributed by atoms with Crippen LogP contribution >= 0.6 is 0 Å². The summed E-state index contributed by atoms with van der Waals surface area (Å²) < 4.78 is 21.1. The Kier molecular flexibility index (Phi) is 6.41. The zero-order valence-electron chi connectivity index (χ0n) is 17.1. The van der Waals surface area contributed by atoms with E-state index in [0.29, 0.717) is 36.6 Å². The Labute approximate surface area is 169 Å². The number of aryl methyl sites for hydroxylation is 1. The van der Waals surface area contributed by atoms with Crippen LogP contribution in [0.2, 0.25) is 0 Å². The van der Waals surface area contributed by atoms with Crippen molar-refractivity contribution in [2.24, 2.45) is 5.92 Å². The van der Waals surface area contributed by atoms with Crippen molar-refractivity contribution in [1.29, 1.82) is 0 Å². The van der Waals surface area contributed by atoms with Crippen LogP contribution in [0.1, 0.15) is 42.5 Å². The summed E-state index contributed by atoms with van der Waals surface area (Å²) in [5, 5.41) is 3.90. The van der Waals surface area contributed by atoms with E-state index in [-0.39, 0.29) is 12.5 Å². The summed E-state index contributed by atoms with van der Waals surface area (Å²) in [6.45, 7) is 6.67. The lowest BCUT2D eigenvalue weighted by atomic mass is 9.92. The quantitative estimate of drug-likeness (QED) is 0.684. The molecule has 0 N–H and O–H groups in total. The third kappa shape index (κ3) is 4.88. The molecule has 1 aromatic heterocycles. The van der Waals surface area contributed by atoms with Crippen molar-refractivity contribution in [2.45, 2.75) is 39.8 Å². The molecule has 8 heteroatoms. The summed E-state index contributed by atoms with van der Waals surface area (Å²) in [6.07, 6.45) is 0.0707. The van der Waals surface area contributed by atoms with Crippen LogP contribution in [0.5, 0.6) is 5.75 Å². The molecule has 1 aliphatic heterocycles. The molecule has 2 aromatic rings. The number of amides is 1. The molecule has 8 nitrogen and oxygen atoms in total. The van der Waals surface area contributed by atoms with E-state index < -0.39 is 18.1 Å². The van der Waals surface area contributed by atoms with Gasteiger partial charge in [0.15, 0.2) is 6.04 Å². The van der Waals surface area contributed by atoms with E-state index in [1.54, 1.807) is 12.1 Å². The predicted octanol–water partition coefficient (Wildman–Crippen LogP) is 3.43. The summed E-state index contributed by atoms with van der Waals surface area (Å²) in [5.74, 6) is 1.09. The molecule has 2 heterocycles. The van der Waals surface area contributed by atoms with Gasteiger partial charge in [-0.1, -0.05) is 25.1 Å². The van der Waals surface area contributed by atoms with Gasteiger partial charge >= 0.3 is 12.1 Å². The molecule has 0 radical (unpaired) electrons. The van der Waals surface area contributed by atoms with Gasteiger partial charge in [-0.15, -0.1) is 0 Å². The number of aromatic nitrogens is 1. The number of carbonyl (C=O) groups is 2. The maximum Gasteiger partial charge on any atom is 0.410 e. The summed E-state index contributed by atoms with van der Waals surface area (Å²) in [4.78, 5) is 26.4. The molecule has 0 bridgehead atoms. The Balaban J connectivity index is 1.77. The third-order valence-corrected chi connectivity index (χ3v) is 4.61. The minimum Gasteiger partial charge on any atom is -0.487 e. The molecule has 3 rings (SSSR count). The molecule has 0 aliphatic carbocycles. The Bertz CT molecular complexity index is 876. The zero-order chi connectivity index (χ0) is 21.0. The SMILES string of the molecule is COC(=O)C1c2ccc(OCc3cc(C)on3)cc2CCN1C(=O)OCC(C)C. The number of fused-ring (bicyclic) bond motifs is 1. The molecular weight excluding hydrogens is 376 g/mol. The van der Waals surface area contributed by atoms with Crippen LogP contribution in [0.25, 0.3) is 0 Å². The largest absolute Gasteiger partial charge is 0.487 e. The number of rotatable bonds is 6. The fraction of sp³-hybridized carbons (Fsp3) is 0.476. The summed E-state index contributed by atoms with van der Waals surface area (Å²) >= 11 is 0. The van der Waals surface area contributed by atoms with Crippen LogP contribution in [-0.2, 0) is 27.3 Å². The van der Waals surface area contributed by atoms with Crippen LogP contribution in [0.4, 0.5) is 4.79 Å². The predicted molar refractivity (Wildman–Crippen MR) is 103 cm³/mol. The van der Waals surface area contributed by atoms with Crippen molar-refractivity contribution in [3.63, 3.8) is 0 Å². The average molecular weight is 402 g/mol. The average Bonchev–Trinajstić information content (AvgIpc) is 3.13. The van der Waals surface area contributed by atoms with Crippen LogP contribution in [-0.4, -0.2) is 42.4 Å². The fourth-order valence-corrected chi connectivity index (χ4v) is 3.22. The first kappa shape index (κ1) is 20.7. The second-order valence-electron chi connectivity index (χ2n) is 7.42. The normalized spacial score (nSPS) is 15.8. The lowest BCUT2D eigenvalue weighted by molar-refractivity contribution is -0.147. The van der Waals surface area contributed by atoms with Gasteiger partial charge in [0.25, 0.3) is 0 Å². The highest BCUT2D eigenvalue weighted by atomic mass is 16.6. The molecule has 0 fully saturated rings. The molecular formula is C21H26N2O6. The first-order chi connectivity index (χ1) is 13.9. The second kappa shape index (κ2) is 8.98. The molecule has 1 aromatic carbocycles. The second-order valence-corrected chi connectivity index (χ2v) is 7.42. The lowest BCUT2D eigenvalue weighted by Crippen LogP contribution is -2.44. The van der Waals surface area contributed by atoms with Crippen molar-refractivity contribution in [2.75, 3.05) is 20.3 Å². The lowest BCUT2D eigenvalue weighted by Gasteiger charge is -2.35. The van der Waals surface area contributed by atoms with Crippen molar-refractivity contribution >= 4 is 12.1 Å². The van der Waals surface area contributed by atoms with Crippen molar-refractivity contribution in [3.05, 3.63) is 46.8 Å². The summed E-state index contributed by atoms with van der Waals surface area (Å²) in [7, 11) is 1.31. The van der Waals surface area contributed by atoms with E-state index in [4.69, 9.17) is 18.7 Å². The third-order valence-electron chi connectivity index (χ3n) is 4.61. The monoisotopic (exact) mass is 402 g/mol. The first-order valence-corrected chi connectivity index (χ1v) is 9.58. The number of hydrogen-bond donors (Lipinski definition) is 0. The maximum atomic E-state index is 12.5. The topological polar surface area (TPSA) is 91.1 Å². The molecule has 1 atom stereocenters. The molecule has 156 valence electrons. The minimum atomic E-state index is -0.837. The maximum absolute atomic E-state index is 12.5. The van der Waals surface area contributed by atoms with E-state index in [0.717, 1.165) is 11.3 Å². The minimum absolute atomic E-state index is 0.209. The number of nitrogens with zero attached hydrogens (tertiary/aromatic N) is 2.